The second kappa shape index (κ2) is 7.60. The third kappa shape index (κ3) is 4.58. The molecule has 5 heteroatoms. The summed E-state index contributed by atoms with van der Waals surface area (Å²) in [7, 11) is 0. The highest BCUT2D eigenvalue weighted by molar-refractivity contribution is 7.14. The highest BCUT2D eigenvalue weighted by atomic mass is 32.1. The second-order valence-electron chi connectivity index (χ2n) is 5.02. The lowest BCUT2D eigenvalue weighted by molar-refractivity contribution is -0.116. The van der Waals surface area contributed by atoms with Gasteiger partial charge in [-0.05, 0) is 19.3 Å². The molecule has 0 aliphatic heterocycles. The van der Waals surface area contributed by atoms with Gasteiger partial charge in [0.1, 0.15) is 0 Å². The van der Waals surface area contributed by atoms with E-state index in [1.165, 1.54) is 11.3 Å². The van der Waals surface area contributed by atoms with Crippen molar-refractivity contribution in [3.8, 4) is 0 Å². The van der Waals surface area contributed by atoms with E-state index >= 15 is 0 Å². The molecule has 0 spiro atoms. The number of anilines is 1. The number of hydrogen-bond donors (Lipinski definition) is 1. The fourth-order valence-electron chi connectivity index (χ4n) is 2.08. The minimum absolute atomic E-state index is 0.0463. The van der Waals surface area contributed by atoms with Crippen LogP contribution >= 0.6 is 11.3 Å². The van der Waals surface area contributed by atoms with Crippen LogP contribution in [0.1, 0.15) is 46.7 Å². The highest BCUT2D eigenvalue weighted by Crippen LogP contribution is 2.20. The van der Waals surface area contributed by atoms with E-state index in [1.54, 1.807) is 11.8 Å². The Labute approximate surface area is 120 Å². The van der Waals surface area contributed by atoms with Crippen LogP contribution < -0.4 is 10.2 Å². The third-order valence-electron chi connectivity index (χ3n) is 3.26. The van der Waals surface area contributed by atoms with E-state index in [0.29, 0.717) is 18.5 Å². The number of carbonyl (C=O) groups is 1. The maximum atomic E-state index is 11.5. The van der Waals surface area contributed by atoms with Crippen molar-refractivity contribution in [2.45, 2.75) is 53.6 Å². The van der Waals surface area contributed by atoms with Crippen LogP contribution in [0.4, 0.5) is 5.13 Å². The van der Waals surface area contributed by atoms with Crippen molar-refractivity contribution in [3.63, 3.8) is 0 Å². The Morgan fingerprint density at radius 1 is 1.47 bits per heavy atom. The molecule has 1 aromatic heterocycles. The van der Waals surface area contributed by atoms with Crippen LogP contribution in [0.3, 0.4) is 0 Å². The molecule has 4 nitrogen and oxygen atoms in total. The van der Waals surface area contributed by atoms with Gasteiger partial charge in [-0.25, -0.2) is 4.98 Å². The smallest absolute Gasteiger partial charge is 0.225 e. The van der Waals surface area contributed by atoms with Crippen LogP contribution in [0.25, 0.3) is 0 Å². The summed E-state index contributed by atoms with van der Waals surface area (Å²) in [6, 6.07) is 0.514. The number of rotatable bonds is 7. The van der Waals surface area contributed by atoms with Crippen LogP contribution in [0.5, 0.6) is 0 Å². The average molecular weight is 283 g/mol. The number of thiazole rings is 1. The molecule has 0 saturated carbocycles. The van der Waals surface area contributed by atoms with Crippen molar-refractivity contribution in [3.05, 3.63) is 11.1 Å². The quantitative estimate of drug-likeness (QED) is 0.836. The van der Waals surface area contributed by atoms with E-state index in [0.717, 1.165) is 23.8 Å². The van der Waals surface area contributed by atoms with Gasteiger partial charge in [-0.3, -0.25) is 9.69 Å². The Bertz CT molecular complexity index is 403. The van der Waals surface area contributed by atoms with Gasteiger partial charge in [0.2, 0.25) is 5.91 Å². The summed E-state index contributed by atoms with van der Waals surface area (Å²) in [4.78, 5) is 17.7. The average Bonchev–Trinajstić information content (AvgIpc) is 2.78. The molecule has 0 fully saturated rings. The molecule has 0 radical (unpaired) electrons. The lowest BCUT2D eigenvalue weighted by atomic mass is 10.0. The van der Waals surface area contributed by atoms with Crippen molar-refractivity contribution in [2.24, 2.45) is 5.92 Å². The Hall–Kier alpha value is -0.940. The standard InChI is InChI=1S/C14H25N3OS/c1-6-13(10(3)4)15-8-12-9-19-14(16-12)17(7-2)11(5)18/h9-10,13,15H,6-8H2,1-5H3. The first-order chi connectivity index (χ1) is 8.99. The minimum atomic E-state index is 0.0463. The van der Waals surface area contributed by atoms with Gasteiger partial charge < -0.3 is 5.32 Å². The Balaban J connectivity index is 2.62. The zero-order chi connectivity index (χ0) is 14.4. The molecular formula is C14H25N3OS. The normalized spacial score (nSPS) is 12.7. The molecule has 19 heavy (non-hydrogen) atoms. The summed E-state index contributed by atoms with van der Waals surface area (Å²) in [5, 5.41) is 6.35. The minimum Gasteiger partial charge on any atom is -0.308 e. The molecule has 1 heterocycles. The summed E-state index contributed by atoms with van der Waals surface area (Å²) >= 11 is 1.53. The summed E-state index contributed by atoms with van der Waals surface area (Å²) in [5.74, 6) is 0.664. The molecule has 0 saturated heterocycles. The van der Waals surface area contributed by atoms with Gasteiger partial charge in [-0.15, -0.1) is 11.3 Å². The first kappa shape index (κ1) is 16.1. The zero-order valence-electron chi connectivity index (χ0n) is 12.6. The van der Waals surface area contributed by atoms with Crippen LogP contribution in [-0.2, 0) is 11.3 Å². The molecular weight excluding hydrogens is 258 g/mol. The van der Waals surface area contributed by atoms with E-state index in [4.69, 9.17) is 0 Å². The van der Waals surface area contributed by atoms with Gasteiger partial charge in [0, 0.05) is 31.4 Å². The largest absolute Gasteiger partial charge is 0.308 e. The van der Waals surface area contributed by atoms with Crippen LogP contribution in [-0.4, -0.2) is 23.5 Å². The summed E-state index contributed by atoms with van der Waals surface area (Å²) in [6.45, 7) is 11.6. The maximum absolute atomic E-state index is 11.5. The molecule has 1 rings (SSSR count). The van der Waals surface area contributed by atoms with E-state index in [2.05, 4.69) is 31.1 Å². The van der Waals surface area contributed by atoms with E-state index in [9.17, 15) is 4.79 Å². The topological polar surface area (TPSA) is 45.2 Å². The zero-order valence-corrected chi connectivity index (χ0v) is 13.4. The van der Waals surface area contributed by atoms with Gasteiger partial charge in [0.05, 0.1) is 5.69 Å². The van der Waals surface area contributed by atoms with E-state index in [-0.39, 0.29) is 5.91 Å². The summed E-state index contributed by atoms with van der Waals surface area (Å²) < 4.78 is 0. The molecule has 1 aromatic rings. The summed E-state index contributed by atoms with van der Waals surface area (Å²) in [6.07, 6.45) is 1.11. The van der Waals surface area contributed by atoms with Crippen LogP contribution in [0.15, 0.2) is 5.38 Å². The van der Waals surface area contributed by atoms with Gasteiger partial charge >= 0.3 is 0 Å². The fraction of sp³-hybridized carbons (Fsp3) is 0.714. The first-order valence-corrected chi connectivity index (χ1v) is 7.83. The van der Waals surface area contributed by atoms with E-state index in [1.807, 2.05) is 12.3 Å². The Morgan fingerprint density at radius 2 is 2.16 bits per heavy atom. The highest BCUT2D eigenvalue weighted by Gasteiger charge is 2.14. The van der Waals surface area contributed by atoms with Crippen molar-refractivity contribution in [1.82, 2.24) is 10.3 Å². The van der Waals surface area contributed by atoms with Crippen molar-refractivity contribution < 1.29 is 4.79 Å². The van der Waals surface area contributed by atoms with Gasteiger partial charge in [0.15, 0.2) is 5.13 Å². The number of aromatic nitrogens is 1. The molecule has 1 atom stereocenters. The molecule has 0 aromatic carbocycles. The third-order valence-corrected chi connectivity index (χ3v) is 4.17. The molecule has 0 aliphatic rings. The number of nitrogens with zero attached hydrogens (tertiary/aromatic N) is 2. The van der Waals surface area contributed by atoms with Crippen molar-refractivity contribution in [1.29, 1.82) is 0 Å². The predicted molar refractivity (Wildman–Crippen MR) is 81.6 cm³/mol. The van der Waals surface area contributed by atoms with E-state index < -0.39 is 0 Å². The first-order valence-electron chi connectivity index (χ1n) is 6.95. The van der Waals surface area contributed by atoms with Crippen LogP contribution in [0, 0.1) is 5.92 Å². The van der Waals surface area contributed by atoms with Crippen molar-refractivity contribution in [2.75, 3.05) is 11.4 Å². The monoisotopic (exact) mass is 283 g/mol. The molecule has 0 aliphatic carbocycles. The molecule has 0 bridgehead atoms. The molecule has 108 valence electrons. The van der Waals surface area contributed by atoms with Gasteiger partial charge in [0.25, 0.3) is 0 Å². The Morgan fingerprint density at radius 3 is 2.63 bits per heavy atom. The van der Waals surface area contributed by atoms with Gasteiger partial charge in [-0.1, -0.05) is 20.8 Å². The molecule has 1 unspecified atom stereocenters. The van der Waals surface area contributed by atoms with Crippen LogP contribution in [0.2, 0.25) is 0 Å². The number of carbonyl (C=O) groups excluding carboxylic acids is 1. The summed E-state index contributed by atoms with van der Waals surface area (Å²) in [5.41, 5.74) is 1.01. The predicted octanol–water partition coefficient (Wildman–Crippen LogP) is 3.04. The SMILES string of the molecule is CCC(NCc1csc(N(CC)C(C)=O)n1)C(C)C. The molecule has 1 N–H and O–H groups in total. The lowest BCUT2D eigenvalue weighted by Gasteiger charge is -2.20. The number of amides is 1. The lowest BCUT2D eigenvalue weighted by Crippen LogP contribution is -2.32. The fourth-order valence-corrected chi connectivity index (χ4v) is 3.01. The van der Waals surface area contributed by atoms with Crippen molar-refractivity contribution >= 4 is 22.4 Å². The molecule has 1 amide bonds. The number of hydrogen-bond acceptors (Lipinski definition) is 4. The number of nitrogens with one attached hydrogen (secondary N) is 1. The van der Waals surface area contributed by atoms with Gasteiger partial charge in [-0.2, -0.15) is 0 Å². The second-order valence-corrected chi connectivity index (χ2v) is 5.86. The Kier molecular flexibility index (Phi) is 6.45. The maximum Gasteiger partial charge on any atom is 0.225 e.